The van der Waals surface area contributed by atoms with E-state index in [0.29, 0.717) is 5.54 Å². The Morgan fingerprint density at radius 2 is 2.00 bits per heavy atom. The molecule has 2 aliphatic rings. The molecule has 1 aromatic carbocycles. The highest BCUT2D eigenvalue weighted by molar-refractivity contribution is 5.58. The maximum absolute atomic E-state index is 9.07. The zero-order valence-electron chi connectivity index (χ0n) is 9.37. The number of nitrogens with zero attached hydrogens (tertiary/aromatic N) is 1. The van der Waals surface area contributed by atoms with Gasteiger partial charge in [0.2, 0.25) is 0 Å². The van der Waals surface area contributed by atoms with E-state index in [2.05, 4.69) is 11.4 Å². The Balaban J connectivity index is 1.87. The quantitative estimate of drug-likeness (QED) is 0.816. The Hall–Kier alpha value is -1.49. The molecule has 0 atom stereocenters. The van der Waals surface area contributed by atoms with Gasteiger partial charge in [0.1, 0.15) is 6.07 Å². The Morgan fingerprint density at radius 1 is 1.25 bits per heavy atom. The van der Waals surface area contributed by atoms with Crippen molar-refractivity contribution in [2.75, 3.05) is 5.32 Å². The highest BCUT2D eigenvalue weighted by Crippen LogP contribution is 2.49. The largest absolute Gasteiger partial charge is 0.379 e. The Bertz CT molecular complexity index is 436. The van der Waals surface area contributed by atoms with Gasteiger partial charge in [-0.05, 0) is 50.2 Å². The molecule has 2 nitrogen and oxygen atoms in total. The number of hydrogen-bond acceptors (Lipinski definition) is 2. The summed E-state index contributed by atoms with van der Waals surface area (Å²) in [7, 11) is 0. The lowest BCUT2D eigenvalue weighted by molar-refractivity contribution is 0.447. The van der Waals surface area contributed by atoms with Crippen LogP contribution in [0.4, 0.5) is 5.69 Å². The molecule has 0 radical (unpaired) electrons. The number of nitrogens with one attached hydrogen (secondary N) is 1. The average Bonchev–Trinajstić information content (AvgIpc) is 2.89. The third-order valence-electron chi connectivity index (χ3n) is 4.19. The number of rotatable bonds is 2. The Morgan fingerprint density at radius 3 is 2.62 bits per heavy atom. The SMILES string of the molecule is N#Cc1ccccc1NC12CCC(CC1)C2. The fourth-order valence-corrected chi connectivity index (χ4v) is 3.34. The van der Waals surface area contributed by atoms with Crippen LogP contribution in [-0.2, 0) is 0 Å². The van der Waals surface area contributed by atoms with E-state index in [1.165, 1.54) is 32.1 Å². The molecule has 0 unspecified atom stereocenters. The van der Waals surface area contributed by atoms with E-state index in [1.54, 1.807) is 0 Å². The van der Waals surface area contributed by atoms with Gasteiger partial charge < -0.3 is 5.32 Å². The van der Waals surface area contributed by atoms with Crippen LogP contribution in [0.25, 0.3) is 0 Å². The van der Waals surface area contributed by atoms with Crippen molar-refractivity contribution in [1.82, 2.24) is 0 Å². The Kier molecular flexibility index (Phi) is 2.14. The monoisotopic (exact) mass is 212 g/mol. The summed E-state index contributed by atoms with van der Waals surface area (Å²) in [6.07, 6.45) is 6.57. The van der Waals surface area contributed by atoms with Gasteiger partial charge in [0.25, 0.3) is 0 Å². The van der Waals surface area contributed by atoms with E-state index >= 15 is 0 Å². The summed E-state index contributed by atoms with van der Waals surface area (Å²) in [5, 5.41) is 12.7. The lowest BCUT2D eigenvalue weighted by Gasteiger charge is -2.29. The van der Waals surface area contributed by atoms with Gasteiger partial charge in [0.05, 0.1) is 11.3 Å². The molecule has 0 amide bonds. The van der Waals surface area contributed by atoms with Crippen LogP contribution >= 0.6 is 0 Å². The zero-order valence-corrected chi connectivity index (χ0v) is 9.37. The van der Waals surface area contributed by atoms with Gasteiger partial charge >= 0.3 is 0 Å². The third-order valence-corrected chi connectivity index (χ3v) is 4.19. The van der Waals surface area contributed by atoms with Crippen molar-refractivity contribution in [3.8, 4) is 6.07 Å². The molecule has 1 aromatic rings. The van der Waals surface area contributed by atoms with Crippen LogP contribution in [0, 0.1) is 17.2 Å². The Labute approximate surface area is 96.3 Å². The predicted octanol–water partition coefficient (Wildman–Crippen LogP) is 3.30. The van der Waals surface area contributed by atoms with Gasteiger partial charge in [-0.25, -0.2) is 0 Å². The molecule has 16 heavy (non-hydrogen) atoms. The molecule has 0 aliphatic heterocycles. The molecule has 2 fully saturated rings. The first-order valence-corrected chi connectivity index (χ1v) is 6.09. The van der Waals surface area contributed by atoms with Gasteiger partial charge in [-0.15, -0.1) is 0 Å². The van der Waals surface area contributed by atoms with Crippen molar-refractivity contribution in [3.05, 3.63) is 29.8 Å². The van der Waals surface area contributed by atoms with E-state index in [-0.39, 0.29) is 0 Å². The van der Waals surface area contributed by atoms with Crippen molar-refractivity contribution < 1.29 is 0 Å². The molecule has 82 valence electrons. The van der Waals surface area contributed by atoms with Crippen molar-refractivity contribution >= 4 is 5.69 Å². The normalized spacial score (nSPS) is 31.3. The summed E-state index contributed by atoms with van der Waals surface area (Å²) in [6, 6.07) is 10.1. The minimum Gasteiger partial charge on any atom is -0.379 e. The van der Waals surface area contributed by atoms with Crippen molar-refractivity contribution in [2.45, 2.75) is 37.6 Å². The van der Waals surface area contributed by atoms with E-state index in [9.17, 15) is 0 Å². The molecule has 3 rings (SSSR count). The summed E-state index contributed by atoms with van der Waals surface area (Å²) in [5.41, 5.74) is 2.09. The van der Waals surface area contributed by atoms with Crippen LogP contribution < -0.4 is 5.32 Å². The van der Waals surface area contributed by atoms with Crippen LogP contribution in [0.15, 0.2) is 24.3 Å². The van der Waals surface area contributed by atoms with Crippen LogP contribution in [0.1, 0.15) is 37.7 Å². The first kappa shape index (κ1) is 9.72. The summed E-state index contributed by atoms with van der Waals surface area (Å²) < 4.78 is 0. The lowest BCUT2D eigenvalue weighted by Crippen LogP contribution is -2.33. The molecule has 0 aromatic heterocycles. The fraction of sp³-hybridized carbons (Fsp3) is 0.500. The van der Waals surface area contributed by atoms with Crippen LogP contribution in [-0.4, -0.2) is 5.54 Å². The fourth-order valence-electron chi connectivity index (χ4n) is 3.34. The molecule has 2 bridgehead atoms. The summed E-state index contributed by atoms with van der Waals surface area (Å²) >= 11 is 0. The molecule has 2 aliphatic carbocycles. The molecule has 1 N–H and O–H groups in total. The minimum atomic E-state index is 0.303. The summed E-state index contributed by atoms with van der Waals surface area (Å²) in [6.45, 7) is 0. The van der Waals surface area contributed by atoms with E-state index < -0.39 is 0 Å². The number of hydrogen-bond donors (Lipinski definition) is 1. The molecule has 0 spiro atoms. The lowest BCUT2D eigenvalue weighted by atomic mass is 9.93. The minimum absolute atomic E-state index is 0.303. The molecular formula is C14H16N2. The molecule has 0 saturated heterocycles. The first-order chi connectivity index (χ1) is 7.81. The highest BCUT2D eigenvalue weighted by atomic mass is 15.0. The van der Waals surface area contributed by atoms with Gasteiger partial charge in [0, 0.05) is 5.54 Å². The smallest absolute Gasteiger partial charge is 0.101 e. The van der Waals surface area contributed by atoms with E-state index in [4.69, 9.17) is 5.26 Å². The average molecular weight is 212 g/mol. The topological polar surface area (TPSA) is 35.8 Å². The second-order valence-electron chi connectivity index (χ2n) is 5.21. The van der Waals surface area contributed by atoms with Gasteiger partial charge in [-0.2, -0.15) is 5.26 Å². The summed E-state index contributed by atoms with van der Waals surface area (Å²) in [4.78, 5) is 0. The molecule has 0 heterocycles. The summed E-state index contributed by atoms with van der Waals surface area (Å²) in [5.74, 6) is 0.932. The standard InChI is InChI=1S/C14H16N2/c15-10-12-3-1-2-4-13(12)16-14-7-5-11(9-14)6-8-14/h1-4,11,16H,5-9H2. The third kappa shape index (κ3) is 1.48. The van der Waals surface area contributed by atoms with Crippen molar-refractivity contribution in [1.29, 1.82) is 5.26 Å². The molecular weight excluding hydrogens is 196 g/mol. The number of benzene rings is 1. The number of nitriles is 1. The van der Waals surface area contributed by atoms with Crippen molar-refractivity contribution in [2.24, 2.45) is 5.92 Å². The number of anilines is 1. The van der Waals surface area contributed by atoms with Crippen molar-refractivity contribution in [3.63, 3.8) is 0 Å². The molecule has 2 saturated carbocycles. The predicted molar refractivity (Wildman–Crippen MR) is 64.1 cm³/mol. The second-order valence-corrected chi connectivity index (χ2v) is 5.21. The molecule has 2 heteroatoms. The van der Waals surface area contributed by atoms with Gasteiger partial charge in [-0.3, -0.25) is 0 Å². The van der Waals surface area contributed by atoms with Gasteiger partial charge in [-0.1, -0.05) is 12.1 Å². The van der Waals surface area contributed by atoms with Crippen LogP contribution in [0.5, 0.6) is 0 Å². The maximum atomic E-state index is 9.07. The van der Waals surface area contributed by atoms with Crippen LogP contribution in [0.2, 0.25) is 0 Å². The van der Waals surface area contributed by atoms with E-state index in [0.717, 1.165) is 17.2 Å². The zero-order chi connectivity index (χ0) is 11.0. The van der Waals surface area contributed by atoms with Crippen LogP contribution in [0.3, 0.4) is 0 Å². The maximum Gasteiger partial charge on any atom is 0.101 e. The number of fused-ring (bicyclic) bond motifs is 2. The number of para-hydroxylation sites is 1. The first-order valence-electron chi connectivity index (χ1n) is 6.09. The highest BCUT2D eigenvalue weighted by Gasteiger charge is 2.44. The van der Waals surface area contributed by atoms with Gasteiger partial charge in [0.15, 0.2) is 0 Å². The van der Waals surface area contributed by atoms with E-state index in [1.807, 2.05) is 24.3 Å². The second kappa shape index (κ2) is 3.52.